The van der Waals surface area contributed by atoms with Crippen molar-refractivity contribution in [1.82, 2.24) is 20.6 Å². The number of hydrogen-bond acceptors (Lipinski definition) is 5. The smallest absolute Gasteiger partial charge is 0.297 e. The Morgan fingerprint density at radius 3 is 2.58 bits per heavy atom. The molecule has 1 aliphatic rings. The minimum atomic E-state index is -0.373. The third-order valence-electron chi connectivity index (χ3n) is 3.14. The van der Waals surface area contributed by atoms with E-state index in [9.17, 15) is 4.79 Å². The fourth-order valence-corrected chi connectivity index (χ4v) is 2.18. The molecule has 1 aliphatic heterocycles. The van der Waals surface area contributed by atoms with E-state index in [4.69, 9.17) is 0 Å². The van der Waals surface area contributed by atoms with Crippen molar-refractivity contribution in [3.63, 3.8) is 0 Å². The van der Waals surface area contributed by atoms with Crippen molar-refractivity contribution in [2.75, 3.05) is 23.3 Å². The van der Waals surface area contributed by atoms with Crippen LogP contribution in [0, 0.1) is 0 Å². The lowest BCUT2D eigenvalue weighted by atomic mass is 10.2. The first-order chi connectivity index (χ1) is 9.33. The fraction of sp³-hybridized carbons (Fsp3) is 0.333. The summed E-state index contributed by atoms with van der Waals surface area (Å²) in [5, 5.41) is 15.6. The van der Waals surface area contributed by atoms with Crippen molar-refractivity contribution in [3.05, 3.63) is 30.1 Å². The number of nitrogens with one attached hydrogen (secondary N) is 2. The molecule has 0 radical (unpaired) electrons. The van der Waals surface area contributed by atoms with E-state index >= 15 is 0 Å². The Kier molecular flexibility index (Phi) is 3.09. The summed E-state index contributed by atoms with van der Waals surface area (Å²) in [6, 6.07) is 7.78. The van der Waals surface area contributed by atoms with Crippen LogP contribution in [-0.4, -0.2) is 39.6 Å². The summed E-state index contributed by atoms with van der Waals surface area (Å²) in [6.07, 6.45) is 2.49. The SMILES string of the molecule is O=C(Nc1ccc(N2CCCC2)cc1)c1nn[nH]n1. The van der Waals surface area contributed by atoms with E-state index in [1.807, 2.05) is 24.3 Å². The number of benzene rings is 1. The number of anilines is 2. The molecule has 2 N–H and O–H groups in total. The second-order valence-electron chi connectivity index (χ2n) is 4.43. The number of hydrogen-bond donors (Lipinski definition) is 2. The van der Waals surface area contributed by atoms with Gasteiger partial charge in [-0.25, -0.2) is 0 Å². The maximum absolute atomic E-state index is 11.7. The van der Waals surface area contributed by atoms with Gasteiger partial charge in [0.05, 0.1) is 0 Å². The van der Waals surface area contributed by atoms with Crippen molar-refractivity contribution in [2.24, 2.45) is 0 Å². The Balaban J connectivity index is 1.67. The molecule has 1 saturated heterocycles. The van der Waals surface area contributed by atoms with E-state index < -0.39 is 0 Å². The van der Waals surface area contributed by atoms with Gasteiger partial charge in [-0.1, -0.05) is 0 Å². The molecule has 2 heterocycles. The summed E-state index contributed by atoms with van der Waals surface area (Å²) in [7, 11) is 0. The highest BCUT2D eigenvalue weighted by Gasteiger charge is 2.13. The van der Waals surface area contributed by atoms with E-state index in [1.165, 1.54) is 18.5 Å². The van der Waals surface area contributed by atoms with Crippen LogP contribution >= 0.6 is 0 Å². The maximum Gasteiger partial charge on any atom is 0.297 e. The van der Waals surface area contributed by atoms with Crippen LogP contribution in [0.1, 0.15) is 23.5 Å². The first-order valence-corrected chi connectivity index (χ1v) is 6.23. The van der Waals surface area contributed by atoms with Gasteiger partial charge in [0.2, 0.25) is 0 Å². The fourth-order valence-electron chi connectivity index (χ4n) is 2.18. The molecule has 1 amide bonds. The van der Waals surface area contributed by atoms with Crippen molar-refractivity contribution in [3.8, 4) is 0 Å². The monoisotopic (exact) mass is 258 g/mol. The van der Waals surface area contributed by atoms with E-state index in [1.54, 1.807) is 0 Å². The van der Waals surface area contributed by atoms with Crippen LogP contribution < -0.4 is 10.2 Å². The zero-order valence-corrected chi connectivity index (χ0v) is 10.3. The third-order valence-corrected chi connectivity index (χ3v) is 3.14. The first kappa shape index (κ1) is 11.6. The Morgan fingerprint density at radius 1 is 1.21 bits per heavy atom. The quantitative estimate of drug-likeness (QED) is 0.859. The molecule has 1 fully saturated rings. The lowest BCUT2D eigenvalue weighted by Crippen LogP contribution is -2.17. The van der Waals surface area contributed by atoms with Crippen molar-refractivity contribution < 1.29 is 4.79 Å². The summed E-state index contributed by atoms with van der Waals surface area (Å²) in [6.45, 7) is 2.21. The van der Waals surface area contributed by atoms with Gasteiger partial charge >= 0.3 is 0 Å². The van der Waals surface area contributed by atoms with Crippen molar-refractivity contribution in [1.29, 1.82) is 0 Å². The average molecular weight is 258 g/mol. The predicted octanol–water partition coefficient (Wildman–Crippen LogP) is 1.05. The molecule has 0 saturated carbocycles. The molecule has 0 bridgehead atoms. The molecule has 98 valence electrons. The Hall–Kier alpha value is -2.44. The molecular weight excluding hydrogens is 244 g/mol. The van der Waals surface area contributed by atoms with Gasteiger partial charge in [-0.2, -0.15) is 5.21 Å². The second kappa shape index (κ2) is 5.05. The predicted molar refractivity (Wildman–Crippen MR) is 70.0 cm³/mol. The normalized spacial score (nSPS) is 14.6. The number of carbonyl (C=O) groups excluding carboxylic acids is 1. The van der Waals surface area contributed by atoms with Crippen molar-refractivity contribution >= 4 is 17.3 Å². The average Bonchev–Trinajstić information content (AvgIpc) is 3.13. The number of tetrazole rings is 1. The molecule has 7 heteroatoms. The minimum Gasteiger partial charge on any atom is -0.372 e. The first-order valence-electron chi connectivity index (χ1n) is 6.23. The van der Waals surface area contributed by atoms with E-state index in [2.05, 4.69) is 30.8 Å². The van der Waals surface area contributed by atoms with Gasteiger partial charge in [0.25, 0.3) is 11.7 Å². The molecular formula is C12H14N6O. The summed E-state index contributed by atoms with van der Waals surface area (Å²) >= 11 is 0. The minimum absolute atomic E-state index is 0.0311. The van der Waals surface area contributed by atoms with Crippen LogP contribution in [0.3, 0.4) is 0 Å². The van der Waals surface area contributed by atoms with Gasteiger partial charge in [0.1, 0.15) is 0 Å². The maximum atomic E-state index is 11.7. The summed E-state index contributed by atoms with van der Waals surface area (Å²) in [4.78, 5) is 14.0. The Labute approximate surface area is 110 Å². The summed E-state index contributed by atoms with van der Waals surface area (Å²) in [5.74, 6) is -0.341. The highest BCUT2D eigenvalue weighted by atomic mass is 16.2. The van der Waals surface area contributed by atoms with E-state index in [0.29, 0.717) is 0 Å². The number of rotatable bonds is 3. The second-order valence-corrected chi connectivity index (χ2v) is 4.43. The zero-order chi connectivity index (χ0) is 13.1. The Morgan fingerprint density at radius 2 is 1.95 bits per heavy atom. The molecule has 0 spiro atoms. The van der Waals surface area contributed by atoms with E-state index in [0.717, 1.165) is 18.8 Å². The molecule has 0 aliphatic carbocycles. The van der Waals surface area contributed by atoms with Crippen LogP contribution in [0.2, 0.25) is 0 Å². The lowest BCUT2D eigenvalue weighted by molar-refractivity contribution is 0.101. The lowest BCUT2D eigenvalue weighted by Gasteiger charge is -2.17. The highest BCUT2D eigenvalue weighted by molar-refractivity contribution is 6.01. The number of H-pyrrole nitrogens is 1. The molecule has 3 rings (SSSR count). The van der Waals surface area contributed by atoms with Gasteiger partial charge in [-0.15, -0.1) is 10.2 Å². The van der Waals surface area contributed by atoms with Gasteiger partial charge in [0, 0.05) is 24.5 Å². The molecule has 0 unspecified atom stereocenters. The molecule has 1 aromatic carbocycles. The molecule has 2 aromatic rings. The molecule has 19 heavy (non-hydrogen) atoms. The molecule has 7 nitrogen and oxygen atoms in total. The van der Waals surface area contributed by atoms with Gasteiger partial charge in [-0.3, -0.25) is 4.79 Å². The van der Waals surface area contributed by atoms with Crippen molar-refractivity contribution in [2.45, 2.75) is 12.8 Å². The third kappa shape index (κ3) is 2.54. The van der Waals surface area contributed by atoms with Gasteiger partial charge in [-0.05, 0) is 42.3 Å². The summed E-state index contributed by atoms with van der Waals surface area (Å²) < 4.78 is 0. The number of aromatic nitrogens is 4. The molecule has 0 atom stereocenters. The Bertz CT molecular complexity index is 544. The molecule has 1 aromatic heterocycles. The summed E-state index contributed by atoms with van der Waals surface area (Å²) in [5.41, 5.74) is 1.91. The number of nitrogens with zero attached hydrogens (tertiary/aromatic N) is 4. The number of carbonyl (C=O) groups is 1. The van der Waals surface area contributed by atoms with Gasteiger partial charge in [0.15, 0.2) is 0 Å². The van der Waals surface area contributed by atoms with E-state index in [-0.39, 0.29) is 11.7 Å². The van der Waals surface area contributed by atoms with Crippen LogP contribution in [0.5, 0.6) is 0 Å². The van der Waals surface area contributed by atoms with Crippen LogP contribution in [0.25, 0.3) is 0 Å². The van der Waals surface area contributed by atoms with Crippen LogP contribution in [-0.2, 0) is 0 Å². The largest absolute Gasteiger partial charge is 0.372 e. The van der Waals surface area contributed by atoms with Crippen LogP contribution in [0.4, 0.5) is 11.4 Å². The topological polar surface area (TPSA) is 86.8 Å². The van der Waals surface area contributed by atoms with Crippen LogP contribution in [0.15, 0.2) is 24.3 Å². The number of aromatic amines is 1. The number of amides is 1. The van der Waals surface area contributed by atoms with Gasteiger partial charge < -0.3 is 10.2 Å². The zero-order valence-electron chi connectivity index (χ0n) is 10.3. The highest BCUT2D eigenvalue weighted by Crippen LogP contribution is 2.22. The standard InChI is InChI=1S/C12H14N6O/c19-12(11-14-16-17-15-11)13-9-3-5-10(6-4-9)18-7-1-2-8-18/h3-6H,1-2,7-8H2,(H,13,19)(H,14,15,16,17).